The molecule has 0 spiro atoms. The Morgan fingerprint density at radius 3 is 1.78 bits per heavy atom. The van der Waals surface area contributed by atoms with Crippen LogP contribution in [0.4, 0.5) is 0 Å². The van der Waals surface area contributed by atoms with Gasteiger partial charge in [-0.2, -0.15) is 0 Å². The van der Waals surface area contributed by atoms with E-state index in [2.05, 4.69) is 0 Å². The minimum Gasteiger partial charge on any atom is -0.355 e. The molecule has 0 aliphatic rings. The molecule has 0 saturated heterocycles. The van der Waals surface area contributed by atoms with Crippen LogP contribution in [-0.2, 0) is 9.47 Å². The van der Waals surface area contributed by atoms with Gasteiger partial charge in [-0.15, -0.1) is 0 Å². The van der Waals surface area contributed by atoms with E-state index in [1.54, 1.807) is 10.2 Å². The molecule has 2 nitrogen and oxygen atoms in total. The van der Waals surface area contributed by atoms with Crippen LogP contribution < -0.4 is 0 Å². The topological polar surface area (TPSA) is 18.5 Å². The molecule has 0 saturated carbocycles. The van der Waals surface area contributed by atoms with E-state index < -0.39 is 0 Å². The summed E-state index contributed by atoms with van der Waals surface area (Å²) >= 11 is 0. The summed E-state index contributed by atoms with van der Waals surface area (Å²) in [5.41, 5.74) is -0.372. The third-order valence-electron chi connectivity index (χ3n) is 0.899. The summed E-state index contributed by atoms with van der Waals surface area (Å²) in [7, 11) is 1.72. The summed E-state index contributed by atoms with van der Waals surface area (Å²) in [6, 6.07) is 0. The molecule has 0 heterocycles. The number of ether oxygens (including phenoxy) is 2. The quantitative estimate of drug-likeness (QED) is 0.422. The first-order chi connectivity index (χ1) is 4.12. The lowest BCUT2D eigenvalue weighted by atomic mass is 10.7. The van der Waals surface area contributed by atoms with Crippen molar-refractivity contribution < 1.29 is 9.47 Å². The maximum atomic E-state index is 5.26. The Hall–Kier alpha value is 0.137. The molecule has 0 aliphatic carbocycles. The minimum atomic E-state index is -0.372. The predicted octanol–water partition coefficient (Wildman–Crippen LogP) is 0.366. The minimum absolute atomic E-state index is 0.372. The van der Waals surface area contributed by atoms with E-state index in [1.807, 2.05) is 20.8 Å². The van der Waals surface area contributed by atoms with Crippen molar-refractivity contribution in [1.29, 1.82) is 0 Å². The smallest absolute Gasteiger partial charge is 0.139 e. The summed E-state index contributed by atoms with van der Waals surface area (Å²) in [6.45, 7) is 7.27. The number of hydrogen-bond donors (Lipinski definition) is 0. The van der Waals surface area contributed by atoms with Gasteiger partial charge in [0.25, 0.3) is 0 Å². The highest BCUT2D eigenvalue weighted by atomic mass is 28.1. The molecular formula is C6H15O2Si. The van der Waals surface area contributed by atoms with Gasteiger partial charge in [-0.1, -0.05) is 0 Å². The van der Waals surface area contributed by atoms with E-state index in [-0.39, 0.29) is 5.41 Å². The van der Waals surface area contributed by atoms with E-state index in [0.717, 1.165) is 0 Å². The highest BCUT2D eigenvalue weighted by Gasteiger charge is 2.15. The second-order valence-corrected chi connectivity index (χ2v) is 3.28. The van der Waals surface area contributed by atoms with E-state index in [0.29, 0.717) is 13.2 Å². The van der Waals surface area contributed by atoms with Gasteiger partial charge in [0.15, 0.2) is 0 Å². The van der Waals surface area contributed by atoms with Gasteiger partial charge in [0, 0.05) is 13.2 Å². The van der Waals surface area contributed by atoms with Crippen molar-refractivity contribution in [2.45, 2.75) is 26.2 Å². The summed E-state index contributed by atoms with van der Waals surface area (Å²) < 4.78 is 10.5. The summed E-state index contributed by atoms with van der Waals surface area (Å²) in [5.74, 6) is 0. The first-order valence-corrected chi connectivity index (χ1v) is 3.96. The molecule has 0 bridgehead atoms. The summed E-state index contributed by atoms with van der Waals surface area (Å²) in [5, 5.41) is 0. The van der Waals surface area contributed by atoms with Crippen molar-refractivity contribution in [2.24, 2.45) is 0 Å². The van der Waals surface area contributed by atoms with E-state index in [1.165, 1.54) is 0 Å². The second-order valence-electron chi connectivity index (χ2n) is 2.00. The van der Waals surface area contributed by atoms with Gasteiger partial charge in [-0.05, 0) is 20.8 Å². The van der Waals surface area contributed by atoms with Crippen LogP contribution in [0.2, 0.25) is 0 Å². The van der Waals surface area contributed by atoms with Crippen LogP contribution in [0, 0.1) is 0 Å². The van der Waals surface area contributed by atoms with Crippen molar-refractivity contribution in [1.82, 2.24) is 0 Å². The van der Waals surface area contributed by atoms with E-state index in [9.17, 15) is 0 Å². The number of hydrogen-bond acceptors (Lipinski definition) is 2. The Balaban J connectivity index is 3.43. The van der Waals surface area contributed by atoms with E-state index in [4.69, 9.17) is 9.47 Å². The van der Waals surface area contributed by atoms with E-state index >= 15 is 0 Å². The molecule has 3 heteroatoms. The molecule has 0 unspecified atom stereocenters. The van der Waals surface area contributed by atoms with Gasteiger partial charge >= 0.3 is 0 Å². The fourth-order valence-corrected chi connectivity index (χ4v) is 1.06. The van der Waals surface area contributed by atoms with Crippen molar-refractivity contribution >= 4 is 10.2 Å². The molecule has 0 aromatic carbocycles. The van der Waals surface area contributed by atoms with Crippen LogP contribution in [0.1, 0.15) is 20.8 Å². The van der Waals surface area contributed by atoms with Gasteiger partial charge < -0.3 is 9.47 Å². The average molecular weight is 147 g/mol. The Morgan fingerprint density at radius 2 is 1.56 bits per heavy atom. The maximum absolute atomic E-state index is 5.26. The van der Waals surface area contributed by atoms with Crippen molar-refractivity contribution in [3.8, 4) is 0 Å². The fourth-order valence-electron chi connectivity index (χ4n) is 0.652. The van der Waals surface area contributed by atoms with Gasteiger partial charge in [-0.25, -0.2) is 0 Å². The maximum Gasteiger partial charge on any atom is 0.139 e. The molecule has 0 aromatic rings. The third-order valence-corrected chi connectivity index (χ3v) is 1.31. The summed E-state index contributed by atoms with van der Waals surface area (Å²) in [6.07, 6.45) is 0. The van der Waals surface area contributed by atoms with Crippen LogP contribution in [0.3, 0.4) is 0 Å². The lowest BCUT2D eigenvalue weighted by Gasteiger charge is -2.24. The Kier molecular flexibility index (Phi) is 4.09. The van der Waals surface area contributed by atoms with Gasteiger partial charge in [0.05, 0.1) is 10.2 Å². The molecule has 0 fully saturated rings. The second kappa shape index (κ2) is 4.03. The van der Waals surface area contributed by atoms with Crippen molar-refractivity contribution in [2.75, 3.05) is 13.2 Å². The van der Waals surface area contributed by atoms with Crippen molar-refractivity contribution in [3.05, 3.63) is 0 Å². The first-order valence-electron chi connectivity index (χ1n) is 3.25. The molecule has 0 N–H and O–H groups in total. The molecule has 1 radical (unpaired) electrons. The highest BCUT2D eigenvalue weighted by molar-refractivity contribution is 6.13. The first kappa shape index (κ1) is 9.14. The normalized spacial score (nSPS) is 12.0. The summed E-state index contributed by atoms with van der Waals surface area (Å²) in [4.78, 5) is 0. The lowest BCUT2D eigenvalue weighted by molar-refractivity contribution is -0.160. The number of rotatable bonds is 4. The Bertz CT molecular complexity index is 65.5. The van der Waals surface area contributed by atoms with Gasteiger partial charge in [0.2, 0.25) is 0 Å². The standard InChI is InChI=1S/C6H15O2Si/c1-4-7-6(3,9)8-5-2/h4-5,9H2,1-3H3. The average Bonchev–Trinajstić information content (AvgIpc) is 1.64. The molecule has 55 valence electrons. The Labute approximate surface area is 60.0 Å². The van der Waals surface area contributed by atoms with Crippen LogP contribution in [0.15, 0.2) is 0 Å². The van der Waals surface area contributed by atoms with Gasteiger partial charge in [-0.3, -0.25) is 0 Å². The molecule has 0 rings (SSSR count). The monoisotopic (exact) mass is 147 g/mol. The molecule has 0 atom stereocenters. The largest absolute Gasteiger partial charge is 0.355 e. The molecule has 0 aromatic heterocycles. The predicted molar refractivity (Wildman–Crippen MR) is 40.2 cm³/mol. The van der Waals surface area contributed by atoms with Crippen LogP contribution in [0.5, 0.6) is 0 Å². The van der Waals surface area contributed by atoms with Crippen LogP contribution in [-0.4, -0.2) is 28.9 Å². The fraction of sp³-hybridized carbons (Fsp3) is 1.00. The van der Waals surface area contributed by atoms with Gasteiger partial charge in [0.1, 0.15) is 5.41 Å². The van der Waals surface area contributed by atoms with Crippen LogP contribution in [0.25, 0.3) is 0 Å². The zero-order valence-electron chi connectivity index (χ0n) is 6.44. The SMILES string of the molecule is CCOC(C)([SiH2])OCC. The van der Waals surface area contributed by atoms with Crippen LogP contribution >= 0.6 is 0 Å². The lowest BCUT2D eigenvalue weighted by Crippen LogP contribution is -2.32. The molecule has 0 aliphatic heterocycles. The highest BCUT2D eigenvalue weighted by Crippen LogP contribution is 2.05. The molecule has 0 amide bonds. The van der Waals surface area contributed by atoms with Crippen molar-refractivity contribution in [3.63, 3.8) is 0 Å². The third kappa shape index (κ3) is 4.63. The zero-order chi connectivity index (χ0) is 7.33. The Morgan fingerprint density at radius 1 is 1.22 bits per heavy atom. The zero-order valence-corrected chi connectivity index (χ0v) is 7.85. The molecule has 9 heavy (non-hydrogen) atoms. The molecular weight excluding hydrogens is 132 g/mol.